The number of non-ortho nitro benzene ring substituents is 1. The number of nitrogens with one attached hydrogen (secondary N) is 2. The maximum absolute atomic E-state index is 12.0. The highest BCUT2D eigenvalue weighted by Gasteiger charge is 2.12. The van der Waals surface area contributed by atoms with Gasteiger partial charge < -0.3 is 15.4 Å². The third-order valence-corrected chi connectivity index (χ3v) is 5.03. The zero-order valence-corrected chi connectivity index (χ0v) is 19.0. The van der Waals surface area contributed by atoms with Crippen LogP contribution in [0.1, 0.15) is 31.2 Å². The summed E-state index contributed by atoms with van der Waals surface area (Å²) in [5, 5.41) is 16.1. The summed E-state index contributed by atoms with van der Waals surface area (Å²) in [6.07, 6.45) is 2.18. The Bertz CT molecular complexity index is 940. The van der Waals surface area contributed by atoms with Crippen molar-refractivity contribution in [1.82, 2.24) is 5.32 Å². The van der Waals surface area contributed by atoms with Gasteiger partial charge in [0.15, 0.2) is 5.11 Å². The molecule has 0 spiro atoms. The quantitative estimate of drug-likeness (QED) is 0.160. The van der Waals surface area contributed by atoms with Crippen molar-refractivity contribution >= 4 is 56.5 Å². The Hall–Kier alpha value is -2.85. The molecule has 0 aliphatic rings. The fourth-order valence-electron chi connectivity index (χ4n) is 2.63. The van der Waals surface area contributed by atoms with Gasteiger partial charge >= 0.3 is 5.97 Å². The van der Waals surface area contributed by atoms with E-state index in [1.54, 1.807) is 0 Å². The number of rotatable bonds is 10. The molecule has 0 unspecified atom stereocenters. The summed E-state index contributed by atoms with van der Waals surface area (Å²) in [6.45, 7) is 0.345. The number of hydrogen-bond acceptors (Lipinski definition) is 6. The molecule has 2 aromatic carbocycles. The molecule has 31 heavy (non-hydrogen) atoms. The van der Waals surface area contributed by atoms with Crippen LogP contribution >= 0.6 is 28.1 Å². The van der Waals surface area contributed by atoms with Crippen molar-refractivity contribution in [2.24, 2.45) is 0 Å². The van der Waals surface area contributed by atoms with Crippen LogP contribution < -0.4 is 10.6 Å². The van der Waals surface area contributed by atoms with Gasteiger partial charge in [0.2, 0.25) is 5.91 Å². The molecule has 0 atom stereocenters. The summed E-state index contributed by atoms with van der Waals surface area (Å²) in [6, 6.07) is 14.1. The molecule has 0 radical (unpaired) electrons. The summed E-state index contributed by atoms with van der Waals surface area (Å²) < 4.78 is 5.62. The first-order valence-corrected chi connectivity index (χ1v) is 10.8. The first kappa shape index (κ1) is 24.4. The van der Waals surface area contributed by atoms with Crippen LogP contribution in [0.15, 0.2) is 53.0 Å². The number of anilines is 1. The number of nitro benzene ring substituents is 1. The zero-order valence-electron chi connectivity index (χ0n) is 16.6. The molecule has 164 valence electrons. The Balaban J connectivity index is 1.61. The standard InChI is InChI=1S/C21H22BrN3O5S/c22-17-14-16(25(28)29)11-12-18(17)23-21(31)24-19(26)9-4-10-20(27)30-13-5-8-15-6-2-1-3-7-15/h1-3,6-7,11-12,14H,4-5,8-10,13H2,(H2,23,24,26,31). The highest BCUT2D eigenvalue weighted by molar-refractivity contribution is 9.10. The average molecular weight is 508 g/mol. The third-order valence-electron chi connectivity index (χ3n) is 4.17. The molecule has 1 amide bonds. The maximum Gasteiger partial charge on any atom is 0.305 e. The Morgan fingerprint density at radius 3 is 2.52 bits per heavy atom. The number of thiocarbonyl (C=S) groups is 1. The minimum Gasteiger partial charge on any atom is -0.466 e. The van der Waals surface area contributed by atoms with Gasteiger partial charge in [-0.15, -0.1) is 0 Å². The molecule has 0 bridgehead atoms. The highest BCUT2D eigenvalue weighted by atomic mass is 79.9. The molecule has 0 heterocycles. The topological polar surface area (TPSA) is 111 Å². The zero-order chi connectivity index (χ0) is 22.6. The number of aryl methyl sites for hydroxylation is 1. The van der Waals surface area contributed by atoms with Gasteiger partial charge in [-0.25, -0.2) is 0 Å². The number of nitro groups is 1. The van der Waals surface area contributed by atoms with Gasteiger partial charge in [-0.3, -0.25) is 19.7 Å². The van der Waals surface area contributed by atoms with Crippen LogP contribution in [0.3, 0.4) is 0 Å². The van der Waals surface area contributed by atoms with Gasteiger partial charge in [0.25, 0.3) is 5.69 Å². The van der Waals surface area contributed by atoms with Crippen LogP contribution in [0.2, 0.25) is 0 Å². The Labute approximate surface area is 193 Å². The van der Waals surface area contributed by atoms with Crippen LogP contribution in [0.5, 0.6) is 0 Å². The fraction of sp³-hybridized carbons (Fsp3) is 0.286. The molecule has 0 aliphatic heterocycles. The molecule has 2 rings (SSSR count). The molecule has 0 fully saturated rings. The molecule has 8 nitrogen and oxygen atoms in total. The van der Waals surface area contributed by atoms with Crippen molar-refractivity contribution in [2.75, 3.05) is 11.9 Å². The van der Waals surface area contributed by atoms with Gasteiger partial charge in [0.05, 0.1) is 17.2 Å². The number of carbonyl (C=O) groups excluding carboxylic acids is 2. The number of benzene rings is 2. The fourth-order valence-corrected chi connectivity index (χ4v) is 3.32. The van der Waals surface area contributed by atoms with Crippen molar-refractivity contribution in [3.05, 3.63) is 68.7 Å². The first-order chi connectivity index (χ1) is 14.8. The van der Waals surface area contributed by atoms with E-state index in [9.17, 15) is 19.7 Å². The van der Waals surface area contributed by atoms with E-state index in [4.69, 9.17) is 17.0 Å². The number of nitrogens with zero attached hydrogens (tertiary/aromatic N) is 1. The van der Waals surface area contributed by atoms with Crippen molar-refractivity contribution in [2.45, 2.75) is 32.1 Å². The predicted octanol–water partition coefficient (Wildman–Crippen LogP) is 4.52. The van der Waals surface area contributed by atoms with E-state index >= 15 is 0 Å². The van der Waals surface area contributed by atoms with Gasteiger partial charge in [-0.1, -0.05) is 30.3 Å². The second-order valence-electron chi connectivity index (χ2n) is 6.59. The number of amides is 1. The second-order valence-corrected chi connectivity index (χ2v) is 7.85. The highest BCUT2D eigenvalue weighted by Crippen LogP contribution is 2.27. The van der Waals surface area contributed by atoms with E-state index in [2.05, 4.69) is 26.6 Å². The van der Waals surface area contributed by atoms with Gasteiger partial charge in [0.1, 0.15) is 0 Å². The van der Waals surface area contributed by atoms with E-state index in [1.165, 1.54) is 23.8 Å². The lowest BCUT2D eigenvalue weighted by Gasteiger charge is -2.11. The summed E-state index contributed by atoms with van der Waals surface area (Å²) in [5.74, 6) is -0.677. The minimum absolute atomic E-state index is 0.0584. The molecule has 0 saturated carbocycles. The number of ether oxygens (including phenoxy) is 1. The Morgan fingerprint density at radius 1 is 1.10 bits per heavy atom. The van der Waals surface area contributed by atoms with Crippen molar-refractivity contribution in [3.8, 4) is 0 Å². The van der Waals surface area contributed by atoms with Crippen LogP contribution in [0.4, 0.5) is 11.4 Å². The van der Waals surface area contributed by atoms with Crippen molar-refractivity contribution in [1.29, 1.82) is 0 Å². The largest absolute Gasteiger partial charge is 0.466 e. The molecule has 0 aliphatic carbocycles. The molecule has 0 saturated heterocycles. The van der Waals surface area contributed by atoms with Gasteiger partial charge in [-0.05, 0) is 59.0 Å². The van der Waals surface area contributed by atoms with E-state index < -0.39 is 4.92 Å². The number of carbonyl (C=O) groups is 2. The number of hydrogen-bond donors (Lipinski definition) is 2. The van der Waals surface area contributed by atoms with E-state index in [-0.39, 0.29) is 35.5 Å². The molecule has 0 aromatic heterocycles. The Morgan fingerprint density at radius 2 is 1.84 bits per heavy atom. The average Bonchev–Trinajstić information content (AvgIpc) is 2.73. The Kier molecular flexibility index (Phi) is 10.0. The van der Waals surface area contributed by atoms with Crippen LogP contribution in [-0.4, -0.2) is 28.5 Å². The van der Waals surface area contributed by atoms with Gasteiger partial charge in [-0.2, -0.15) is 0 Å². The monoisotopic (exact) mass is 507 g/mol. The van der Waals surface area contributed by atoms with E-state index in [0.717, 1.165) is 12.8 Å². The number of esters is 1. The molecule has 10 heteroatoms. The lowest BCUT2D eigenvalue weighted by Crippen LogP contribution is -2.34. The maximum atomic E-state index is 12.0. The molecular formula is C21H22BrN3O5S. The summed E-state index contributed by atoms with van der Waals surface area (Å²) in [5.41, 5.74) is 1.61. The van der Waals surface area contributed by atoms with Crippen molar-refractivity contribution in [3.63, 3.8) is 0 Å². The number of halogens is 1. The van der Waals surface area contributed by atoms with Crippen molar-refractivity contribution < 1.29 is 19.2 Å². The van der Waals surface area contributed by atoms with Crippen LogP contribution in [-0.2, 0) is 20.7 Å². The smallest absolute Gasteiger partial charge is 0.305 e. The lowest BCUT2D eigenvalue weighted by atomic mass is 10.1. The molecular weight excluding hydrogens is 486 g/mol. The van der Waals surface area contributed by atoms with Gasteiger partial charge in [0, 0.05) is 29.4 Å². The lowest BCUT2D eigenvalue weighted by molar-refractivity contribution is -0.384. The summed E-state index contributed by atoms with van der Waals surface area (Å²) in [4.78, 5) is 34.0. The molecule has 2 aromatic rings. The molecule has 2 N–H and O–H groups in total. The first-order valence-electron chi connectivity index (χ1n) is 9.59. The predicted molar refractivity (Wildman–Crippen MR) is 125 cm³/mol. The van der Waals surface area contributed by atoms with E-state index in [0.29, 0.717) is 23.2 Å². The summed E-state index contributed by atoms with van der Waals surface area (Å²) in [7, 11) is 0. The normalized spacial score (nSPS) is 10.2. The third kappa shape index (κ3) is 9.22. The second kappa shape index (κ2) is 12.8. The van der Waals surface area contributed by atoms with Crippen LogP contribution in [0.25, 0.3) is 0 Å². The SMILES string of the molecule is O=C(CCCC(=O)OCCCc1ccccc1)NC(=S)Nc1ccc([N+](=O)[O-])cc1Br. The van der Waals surface area contributed by atoms with Crippen LogP contribution in [0, 0.1) is 10.1 Å². The summed E-state index contributed by atoms with van der Waals surface area (Å²) >= 11 is 8.30. The van der Waals surface area contributed by atoms with E-state index in [1.807, 2.05) is 30.3 Å². The minimum atomic E-state index is -0.511.